The van der Waals surface area contributed by atoms with E-state index in [1.54, 1.807) is 12.1 Å². The molecule has 3 aromatic rings. The zero-order chi connectivity index (χ0) is 34.3. The minimum Gasteiger partial charge on any atom is -0.477 e. The van der Waals surface area contributed by atoms with Crippen molar-refractivity contribution in [2.24, 2.45) is 16.4 Å². The molecule has 2 amide bonds. The highest BCUT2D eigenvalue weighted by Crippen LogP contribution is 2.50. The molecule has 0 aromatic heterocycles. The SMILES string of the molecule is CCO/C(=N\N(C=O)Cc1ccc(C(C(=O)Nc2cc(CC3(C(=O)OC(C)(C)C)CC3)ccc2F)C2CCCC2)cc1)c1ccccc1. The first kappa shape index (κ1) is 34.8. The van der Waals surface area contributed by atoms with Gasteiger partial charge in [0, 0.05) is 5.56 Å². The molecule has 2 fully saturated rings. The molecule has 0 spiro atoms. The number of rotatable bonds is 13. The summed E-state index contributed by atoms with van der Waals surface area (Å²) in [5, 5.41) is 8.62. The predicted molar refractivity (Wildman–Crippen MR) is 184 cm³/mol. The number of nitrogens with zero attached hydrogens (tertiary/aromatic N) is 2. The van der Waals surface area contributed by atoms with Gasteiger partial charge in [0.1, 0.15) is 11.4 Å². The van der Waals surface area contributed by atoms with Crippen molar-refractivity contribution in [2.45, 2.75) is 90.7 Å². The van der Waals surface area contributed by atoms with Crippen molar-refractivity contribution in [1.29, 1.82) is 0 Å². The number of carbonyl (C=O) groups excluding carboxylic acids is 3. The van der Waals surface area contributed by atoms with E-state index in [4.69, 9.17) is 9.47 Å². The van der Waals surface area contributed by atoms with Crippen LogP contribution in [0.5, 0.6) is 0 Å². The fourth-order valence-electron chi connectivity index (χ4n) is 6.42. The molecule has 2 saturated carbocycles. The van der Waals surface area contributed by atoms with E-state index in [1.807, 2.05) is 82.3 Å². The van der Waals surface area contributed by atoms with E-state index in [0.717, 1.165) is 60.8 Å². The summed E-state index contributed by atoms with van der Waals surface area (Å²) in [6, 6.07) is 21.7. The zero-order valence-electron chi connectivity index (χ0n) is 28.3. The number of hydrogen-bond donors (Lipinski definition) is 1. The molecule has 254 valence electrons. The van der Waals surface area contributed by atoms with Gasteiger partial charge in [0.25, 0.3) is 0 Å². The third-order valence-corrected chi connectivity index (χ3v) is 9.00. The molecule has 2 aliphatic carbocycles. The summed E-state index contributed by atoms with van der Waals surface area (Å²) in [5.74, 6) is -1.01. The van der Waals surface area contributed by atoms with Crippen LogP contribution < -0.4 is 5.32 Å². The average molecular weight is 656 g/mol. The summed E-state index contributed by atoms with van der Waals surface area (Å²) in [6.45, 7) is 8.03. The second-order valence-corrected chi connectivity index (χ2v) is 13.9. The van der Waals surface area contributed by atoms with Crippen molar-refractivity contribution in [3.8, 4) is 0 Å². The molecule has 1 N–H and O–H groups in total. The van der Waals surface area contributed by atoms with Crippen LogP contribution in [-0.2, 0) is 36.8 Å². The second kappa shape index (κ2) is 15.1. The Kier molecular flexibility index (Phi) is 11.0. The Balaban J connectivity index is 1.31. The number of ether oxygens (including phenoxy) is 2. The molecule has 0 aliphatic heterocycles. The van der Waals surface area contributed by atoms with Gasteiger partial charge in [-0.05, 0) is 107 Å². The number of benzene rings is 3. The maximum Gasteiger partial charge on any atom is 0.312 e. The molecule has 5 rings (SSSR count). The summed E-state index contributed by atoms with van der Waals surface area (Å²) in [5.41, 5.74) is 2.14. The maximum atomic E-state index is 15.1. The van der Waals surface area contributed by atoms with Crippen LogP contribution >= 0.6 is 0 Å². The van der Waals surface area contributed by atoms with Crippen LogP contribution in [-0.4, -0.2) is 41.4 Å². The number of amides is 2. The highest BCUT2D eigenvalue weighted by molar-refractivity contribution is 5.96. The molecule has 0 saturated heterocycles. The minimum atomic E-state index is -0.600. The molecule has 9 heteroatoms. The normalized spacial score (nSPS) is 16.6. The average Bonchev–Trinajstić information content (AvgIpc) is 3.65. The van der Waals surface area contributed by atoms with E-state index in [2.05, 4.69) is 10.4 Å². The molecular formula is C39H46FN3O5. The molecule has 0 heterocycles. The van der Waals surface area contributed by atoms with Gasteiger partial charge in [-0.3, -0.25) is 14.4 Å². The molecule has 1 unspecified atom stereocenters. The van der Waals surface area contributed by atoms with E-state index in [-0.39, 0.29) is 30.0 Å². The van der Waals surface area contributed by atoms with Crippen molar-refractivity contribution in [2.75, 3.05) is 11.9 Å². The molecule has 0 bridgehead atoms. The van der Waals surface area contributed by atoms with Crippen LogP contribution in [0, 0.1) is 17.2 Å². The molecule has 0 radical (unpaired) electrons. The lowest BCUT2D eigenvalue weighted by molar-refractivity contribution is -0.161. The monoisotopic (exact) mass is 655 g/mol. The summed E-state index contributed by atoms with van der Waals surface area (Å²) in [6.07, 6.45) is 6.43. The fourth-order valence-corrected chi connectivity index (χ4v) is 6.42. The smallest absolute Gasteiger partial charge is 0.312 e. The van der Waals surface area contributed by atoms with Crippen molar-refractivity contribution in [1.82, 2.24) is 5.01 Å². The largest absolute Gasteiger partial charge is 0.477 e. The predicted octanol–water partition coefficient (Wildman–Crippen LogP) is 7.76. The Bertz CT molecular complexity index is 1610. The summed E-state index contributed by atoms with van der Waals surface area (Å²) in [4.78, 5) is 38.8. The van der Waals surface area contributed by atoms with Gasteiger partial charge in [-0.15, -0.1) is 5.10 Å². The molecule has 48 heavy (non-hydrogen) atoms. The number of hydrazone groups is 1. The molecular weight excluding hydrogens is 609 g/mol. The van der Waals surface area contributed by atoms with Crippen molar-refractivity contribution in [3.05, 3.63) is 101 Å². The van der Waals surface area contributed by atoms with Gasteiger partial charge in [0.2, 0.25) is 18.2 Å². The molecule has 8 nitrogen and oxygen atoms in total. The van der Waals surface area contributed by atoms with Gasteiger partial charge >= 0.3 is 5.97 Å². The van der Waals surface area contributed by atoms with E-state index in [9.17, 15) is 14.4 Å². The molecule has 3 aromatic carbocycles. The highest BCUT2D eigenvalue weighted by Gasteiger charge is 2.52. The lowest BCUT2D eigenvalue weighted by Crippen LogP contribution is -2.31. The van der Waals surface area contributed by atoms with Crippen LogP contribution in [0.2, 0.25) is 0 Å². The first-order chi connectivity index (χ1) is 23.0. The summed E-state index contributed by atoms with van der Waals surface area (Å²) >= 11 is 0. The highest BCUT2D eigenvalue weighted by atomic mass is 19.1. The Morgan fingerprint density at radius 3 is 2.29 bits per heavy atom. The Morgan fingerprint density at radius 2 is 1.69 bits per heavy atom. The third-order valence-electron chi connectivity index (χ3n) is 9.00. The van der Waals surface area contributed by atoms with Crippen molar-refractivity contribution < 1.29 is 28.2 Å². The number of hydrogen-bond acceptors (Lipinski definition) is 6. The van der Waals surface area contributed by atoms with Crippen molar-refractivity contribution >= 4 is 29.9 Å². The Labute approximate surface area is 282 Å². The van der Waals surface area contributed by atoms with Gasteiger partial charge in [0.15, 0.2) is 0 Å². The Hall–Kier alpha value is -4.53. The number of nitrogens with one attached hydrogen (secondary N) is 1. The number of halogens is 1. The minimum absolute atomic E-state index is 0.111. The number of esters is 1. The van der Waals surface area contributed by atoms with Crippen LogP contribution in [0.15, 0.2) is 77.9 Å². The number of carbonyl (C=O) groups is 3. The van der Waals surface area contributed by atoms with E-state index >= 15 is 4.39 Å². The molecule has 1 atom stereocenters. The quantitative estimate of drug-likeness (QED) is 0.0668. The first-order valence-corrected chi connectivity index (χ1v) is 16.9. The van der Waals surface area contributed by atoms with Crippen LogP contribution in [0.1, 0.15) is 94.4 Å². The van der Waals surface area contributed by atoms with Gasteiger partial charge in [-0.2, -0.15) is 0 Å². The van der Waals surface area contributed by atoms with Crippen LogP contribution in [0.4, 0.5) is 10.1 Å². The van der Waals surface area contributed by atoms with Crippen molar-refractivity contribution in [3.63, 3.8) is 0 Å². The lowest BCUT2D eigenvalue weighted by atomic mass is 9.83. The Morgan fingerprint density at radius 1 is 1.02 bits per heavy atom. The summed E-state index contributed by atoms with van der Waals surface area (Å²) < 4.78 is 26.5. The van der Waals surface area contributed by atoms with Gasteiger partial charge in [-0.25, -0.2) is 9.40 Å². The van der Waals surface area contributed by atoms with Crippen LogP contribution in [0.25, 0.3) is 0 Å². The van der Waals surface area contributed by atoms with Crippen LogP contribution in [0.3, 0.4) is 0 Å². The number of anilines is 1. The second-order valence-electron chi connectivity index (χ2n) is 13.9. The zero-order valence-corrected chi connectivity index (χ0v) is 28.3. The summed E-state index contributed by atoms with van der Waals surface area (Å²) in [7, 11) is 0. The van der Waals surface area contributed by atoms with E-state index in [0.29, 0.717) is 25.3 Å². The van der Waals surface area contributed by atoms with Gasteiger partial charge in [-0.1, -0.05) is 61.4 Å². The third kappa shape index (κ3) is 8.88. The lowest BCUT2D eigenvalue weighted by Gasteiger charge is -2.25. The van der Waals surface area contributed by atoms with E-state index in [1.165, 1.54) is 11.1 Å². The standard InChI is InChI=1S/C39H46FN3O5/c1-5-47-36(31-13-7-6-8-14-31)42-43(26-44)25-27-15-18-30(19-16-27)34(29-11-9-10-12-29)35(45)41-33-23-28(17-20-32(33)40)24-39(21-22-39)37(46)48-38(2,3)4/h6-8,13-20,23,26,29,34H,5,9-12,21-22,24-25H2,1-4H3,(H,41,45)/b42-36-. The fraction of sp³-hybridized carbons (Fsp3) is 0.436. The van der Waals surface area contributed by atoms with Gasteiger partial charge in [0.05, 0.1) is 30.2 Å². The topological polar surface area (TPSA) is 97.3 Å². The van der Waals surface area contributed by atoms with Gasteiger partial charge < -0.3 is 14.8 Å². The first-order valence-electron chi connectivity index (χ1n) is 16.9. The molecule has 2 aliphatic rings. The van der Waals surface area contributed by atoms with E-state index < -0.39 is 22.8 Å². The maximum absolute atomic E-state index is 15.1.